The van der Waals surface area contributed by atoms with Gasteiger partial charge >= 0.3 is 0 Å². The van der Waals surface area contributed by atoms with Crippen molar-refractivity contribution in [2.75, 3.05) is 11.5 Å². The molecule has 0 radical (unpaired) electrons. The smallest absolute Gasteiger partial charge is 0.0389 e. The van der Waals surface area contributed by atoms with Crippen molar-refractivity contribution in [2.24, 2.45) is 11.7 Å². The number of nitrogens with two attached hydrogens (primary N) is 1. The van der Waals surface area contributed by atoms with Gasteiger partial charge in [-0.3, -0.25) is 4.21 Å². The van der Waals surface area contributed by atoms with Gasteiger partial charge in [0.25, 0.3) is 0 Å². The van der Waals surface area contributed by atoms with Crippen LogP contribution < -0.4 is 5.73 Å². The highest BCUT2D eigenvalue weighted by molar-refractivity contribution is 7.85. The SMILES string of the molecule is CCCCS(=O)CC(N)C1CCCC1. The van der Waals surface area contributed by atoms with E-state index in [9.17, 15) is 4.21 Å². The van der Waals surface area contributed by atoms with Gasteiger partial charge in [0.1, 0.15) is 0 Å². The average molecular weight is 217 g/mol. The Kier molecular flexibility index (Phi) is 5.71. The van der Waals surface area contributed by atoms with E-state index in [4.69, 9.17) is 5.73 Å². The zero-order valence-electron chi connectivity index (χ0n) is 9.21. The maximum absolute atomic E-state index is 11.6. The quantitative estimate of drug-likeness (QED) is 0.740. The first kappa shape index (κ1) is 12.2. The van der Waals surface area contributed by atoms with Gasteiger partial charge in [-0.15, -0.1) is 0 Å². The number of unbranched alkanes of at least 4 members (excludes halogenated alkanes) is 1. The molecule has 1 aliphatic carbocycles. The highest BCUT2D eigenvalue weighted by atomic mass is 32.2. The van der Waals surface area contributed by atoms with Gasteiger partial charge in [0.05, 0.1) is 0 Å². The van der Waals surface area contributed by atoms with Crippen LogP contribution in [0.4, 0.5) is 0 Å². The molecule has 0 saturated heterocycles. The highest BCUT2D eigenvalue weighted by Gasteiger charge is 2.23. The van der Waals surface area contributed by atoms with Crippen LogP contribution in [0.2, 0.25) is 0 Å². The molecule has 0 spiro atoms. The molecule has 0 aliphatic heterocycles. The van der Waals surface area contributed by atoms with E-state index in [-0.39, 0.29) is 6.04 Å². The molecule has 1 rings (SSSR count). The molecular weight excluding hydrogens is 194 g/mol. The van der Waals surface area contributed by atoms with Crippen molar-refractivity contribution in [1.29, 1.82) is 0 Å². The zero-order chi connectivity index (χ0) is 10.4. The van der Waals surface area contributed by atoms with Crippen molar-refractivity contribution in [3.05, 3.63) is 0 Å². The number of hydrogen-bond donors (Lipinski definition) is 1. The minimum atomic E-state index is -0.671. The molecule has 1 saturated carbocycles. The summed E-state index contributed by atoms with van der Waals surface area (Å²) in [5.74, 6) is 2.22. The maximum Gasteiger partial charge on any atom is 0.0389 e. The molecule has 0 bridgehead atoms. The molecule has 0 aromatic heterocycles. The minimum absolute atomic E-state index is 0.190. The van der Waals surface area contributed by atoms with E-state index in [2.05, 4.69) is 6.92 Å². The van der Waals surface area contributed by atoms with Crippen LogP contribution in [0.5, 0.6) is 0 Å². The summed E-state index contributed by atoms with van der Waals surface area (Å²) < 4.78 is 11.6. The fraction of sp³-hybridized carbons (Fsp3) is 1.00. The summed E-state index contributed by atoms with van der Waals surface area (Å²) in [5, 5.41) is 0. The summed E-state index contributed by atoms with van der Waals surface area (Å²) in [6.45, 7) is 2.13. The first-order chi connectivity index (χ1) is 6.74. The van der Waals surface area contributed by atoms with E-state index in [1.54, 1.807) is 0 Å². The van der Waals surface area contributed by atoms with E-state index >= 15 is 0 Å². The van der Waals surface area contributed by atoms with Crippen molar-refractivity contribution in [2.45, 2.75) is 51.5 Å². The normalized spacial score (nSPS) is 22.4. The van der Waals surface area contributed by atoms with Crippen molar-refractivity contribution in [3.63, 3.8) is 0 Å². The summed E-state index contributed by atoms with van der Waals surface area (Å²) in [6.07, 6.45) is 7.35. The van der Waals surface area contributed by atoms with Crippen molar-refractivity contribution in [3.8, 4) is 0 Å². The van der Waals surface area contributed by atoms with Gasteiger partial charge in [0, 0.05) is 28.3 Å². The lowest BCUT2D eigenvalue weighted by molar-refractivity contribution is 0.460. The van der Waals surface area contributed by atoms with E-state index in [0.717, 1.165) is 24.3 Å². The van der Waals surface area contributed by atoms with Gasteiger partial charge in [-0.1, -0.05) is 26.2 Å². The van der Waals surface area contributed by atoms with E-state index in [1.807, 2.05) is 0 Å². The molecule has 2 unspecified atom stereocenters. The number of hydrogen-bond acceptors (Lipinski definition) is 2. The second-order valence-electron chi connectivity index (χ2n) is 4.37. The number of rotatable bonds is 6. The van der Waals surface area contributed by atoms with Crippen LogP contribution in [0.15, 0.2) is 0 Å². The molecule has 1 fully saturated rings. The largest absolute Gasteiger partial charge is 0.327 e. The Bertz CT molecular complexity index is 178. The van der Waals surface area contributed by atoms with Crippen LogP contribution in [0.25, 0.3) is 0 Å². The fourth-order valence-corrected chi connectivity index (χ4v) is 3.60. The molecule has 0 aromatic rings. The summed E-state index contributed by atoms with van der Waals surface area (Å²) in [5.41, 5.74) is 6.06. The minimum Gasteiger partial charge on any atom is -0.327 e. The molecule has 14 heavy (non-hydrogen) atoms. The van der Waals surface area contributed by atoms with Crippen LogP contribution >= 0.6 is 0 Å². The molecule has 0 aromatic carbocycles. The Hall–Kier alpha value is 0.110. The first-order valence-electron chi connectivity index (χ1n) is 5.84. The maximum atomic E-state index is 11.6. The Morgan fingerprint density at radius 1 is 1.43 bits per heavy atom. The molecule has 84 valence electrons. The van der Waals surface area contributed by atoms with E-state index < -0.39 is 10.8 Å². The van der Waals surface area contributed by atoms with E-state index in [0.29, 0.717) is 5.92 Å². The van der Waals surface area contributed by atoms with Gasteiger partial charge in [-0.05, 0) is 25.2 Å². The Morgan fingerprint density at radius 2 is 2.07 bits per heavy atom. The molecule has 2 N–H and O–H groups in total. The third-order valence-electron chi connectivity index (χ3n) is 3.11. The van der Waals surface area contributed by atoms with Crippen LogP contribution in [0.1, 0.15) is 45.4 Å². The Labute approximate surface area is 90.1 Å². The van der Waals surface area contributed by atoms with Gasteiger partial charge in [0.15, 0.2) is 0 Å². The topological polar surface area (TPSA) is 43.1 Å². The average Bonchev–Trinajstić information content (AvgIpc) is 2.67. The predicted molar refractivity (Wildman–Crippen MR) is 62.7 cm³/mol. The molecular formula is C11H23NOS. The Balaban J connectivity index is 2.18. The molecule has 0 heterocycles. The predicted octanol–water partition coefficient (Wildman–Crippen LogP) is 2.05. The molecule has 2 nitrogen and oxygen atoms in total. The van der Waals surface area contributed by atoms with E-state index in [1.165, 1.54) is 25.7 Å². The van der Waals surface area contributed by atoms with Gasteiger partial charge < -0.3 is 5.73 Å². The van der Waals surface area contributed by atoms with Crippen LogP contribution in [0.3, 0.4) is 0 Å². The second-order valence-corrected chi connectivity index (χ2v) is 5.99. The van der Waals surface area contributed by atoms with Crippen molar-refractivity contribution < 1.29 is 4.21 Å². The van der Waals surface area contributed by atoms with Gasteiger partial charge in [-0.25, -0.2) is 0 Å². The van der Waals surface area contributed by atoms with Crippen molar-refractivity contribution in [1.82, 2.24) is 0 Å². The van der Waals surface area contributed by atoms with Gasteiger partial charge in [0.2, 0.25) is 0 Å². The first-order valence-corrected chi connectivity index (χ1v) is 7.33. The van der Waals surface area contributed by atoms with Crippen molar-refractivity contribution >= 4 is 10.8 Å². The Morgan fingerprint density at radius 3 is 2.64 bits per heavy atom. The molecule has 1 aliphatic rings. The summed E-state index contributed by atoms with van der Waals surface area (Å²) in [4.78, 5) is 0. The third-order valence-corrected chi connectivity index (χ3v) is 4.61. The zero-order valence-corrected chi connectivity index (χ0v) is 10.0. The molecule has 3 heteroatoms. The fourth-order valence-electron chi connectivity index (χ4n) is 2.12. The standard InChI is InChI=1S/C11H23NOS/c1-2-3-8-14(13)9-11(12)10-6-4-5-7-10/h10-11H,2-9,12H2,1H3. The second kappa shape index (κ2) is 6.57. The molecule has 0 amide bonds. The summed E-state index contributed by atoms with van der Waals surface area (Å²) >= 11 is 0. The summed E-state index contributed by atoms with van der Waals surface area (Å²) in [7, 11) is -0.671. The van der Waals surface area contributed by atoms with Crippen LogP contribution in [-0.2, 0) is 10.8 Å². The lowest BCUT2D eigenvalue weighted by Crippen LogP contribution is -2.34. The lowest BCUT2D eigenvalue weighted by atomic mass is 10.0. The van der Waals surface area contributed by atoms with Crippen LogP contribution in [-0.4, -0.2) is 21.8 Å². The lowest BCUT2D eigenvalue weighted by Gasteiger charge is -2.17. The molecule has 2 atom stereocenters. The van der Waals surface area contributed by atoms with Crippen LogP contribution in [0, 0.1) is 5.92 Å². The van der Waals surface area contributed by atoms with Gasteiger partial charge in [-0.2, -0.15) is 0 Å². The third kappa shape index (κ3) is 4.09. The highest BCUT2D eigenvalue weighted by Crippen LogP contribution is 2.27. The summed E-state index contributed by atoms with van der Waals surface area (Å²) in [6, 6.07) is 0.190. The monoisotopic (exact) mass is 217 g/mol.